The van der Waals surface area contributed by atoms with Crippen molar-refractivity contribution in [3.63, 3.8) is 0 Å². The molecule has 1 fully saturated rings. The van der Waals surface area contributed by atoms with Crippen LogP contribution in [0, 0.1) is 0 Å². The highest BCUT2D eigenvalue weighted by Crippen LogP contribution is 2.24. The second-order valence-corrected chi connectivity index (χ2v) is 7.38. The first-order valence-electron chi connectivity index (χ1n) is 9.86. The molecule has 4 amide bonds. The lowest BCUT2D eigenvalue weighted by Crippen LogP contribution is -2.33. The van der Waals surface area contributed by atoms with Gasteiger partial charge in [0, 0.05) is 31.3 Å². The van der Waals surface area contributed by atoms with Gasteiger partial charge in [-0.15, -0.1) is 0 Å². The van der Waals surface area contributed by atoms with Crippen LogP contribution in [-0.4, -0.2) is 35.4 Å². The summed E-state index contributed by atoms with van der Waals surface area (Å²) in [5.74, 6) is -0.104. The molecule has 0 spiro atoms. The molecular formula is C22H26N4O3. The lowest BCUT2D eigenvalue weighted by Gasteiger charge is -2.14. The lowest BCUT2D eigenvalue weighted by atomic mass is 10.0. The Bertz CT molecular complexity index is 865. The predicted octanol–water partition coefficient (Wildman–Crippen LogP) is 2.77. The molecule has 152 valence electrons. The average Bonchev–Trinajstić information content (AvgIpc) is 3.00. The summed E-state index contributed by atoms with van der Waals surface area (Å²) in [7, 11) is 0. The minimum atomic E-state index is -0.686. The molecule has 1 aromatic carbocycles. The molecule has 0 bridgehead atoms. The Labute approximate surface area is 170 Å². The molecular weight excluding hydrogens is 368 g/mol. The molecule has 7 heteroatoms. The minimum Gasteiger partial charge on any atom is -0.356 e. The Morgan fingerprint density at radius 3 is 2.59 bits per heavy atom. The maximum atomic E-state index is 12.6. The summed E-state index contributed by atoms with van der Waals surface area (Å²) >= 11 is 0. The van der Waals surface area contributed by atoms with Gasteiger partial charge in [-0.2, -0.15) is 0 Å². The van der Waals surface area contributed by atoms with E-state index < -0.39 is 12.1 Å². The van der Waals surface area contributed by atoms with Gasteiger partial charge in [0.15, 0.2) is 0 Å². The van der Waals surface area contributed by atoms with Crippen LogP contribution in [-0.2, 0) is 16.0 Å². The summed E-state index contributed by atoms with van der Waals surface area (Å²) in [6, 6.07) is 11.9. The Morgan fingerprint density at radius 1 is 1.17 bits per heavy atom. The number of rotatable bonds is 8. The second kappa shape index (κ2) is 9.32. The third-order valence-electron chi connectivity index (χ3n) is 4.93. The van der Waals surface area contributed by atoms with Gasteiger partial charge in [0.05, 0.1) is 5.69 Å². The van der Waals surface area contributed by atoms with E-state index in [-0.39, 0.29) is 24.7 Å². The highest BCUT2D eigenvalue weighted by atomic mass is 16.2. The number of anilines is 1. The summed E-state index contributed by atoms with van der Waals surface area (Å²) < 4.78 is 0. The van der Waals surface area contributed by atoms with E-state index in [4.69, 9.17) is 0 Å². The zero-order chi connectivity index (χ0) is 20.8. The predicted molar refractivity (Wildman–Crippen MR) is 111 cm³/mol. The van der Waals surface area contributed by atoms with E-state index in [0.29, 0.717) is 24.6 Å². The van der Waals surface area contributed by atoms with E-state index >= 15 is 0 Å². The Morgan fingerprint density at radius 2 is 1.93 bits per heavy atom. The SMILES string of the molecule is CC(C)c1ccc(N2C(=O)N[C@H](CCC(=O)NCCc3ccccn3)C2=O)cc1. The molecule has 2 N–H and O–H groups in total. The Balaban J connectivity index is 1.48. The molecule has 1 aromatic heterocycles. The zero-order valence-corrected chi connectivity index (χ0v) is 16.7. The topological polar surface area (TPSA) is 91.4 Å². The van der Waals surface area contributed by atoms with Crippen LogP contribution in [0.2, 0.25) is 0 Å². The van der Waals surface area contributed by atoms with E-state index in [2.05, 4.69) is 29.5 Å². The molecule has 29 heavy (non-hydrogen) atoms. The summed E-state index contributed by atoms with van der Waals surface area (Å²) in [5, 5.41) is 5.50. The number of carbonyl (C=O) groups excluding carboxylic acids is 3. The standard InChI is InChI=1S/C22H26N4O3/c1-15(2)16-6-8-18(9-7-16)26-21(28)19(25-22(26)29)10-11-20(27)24-14-12-17-5-3-4-13-23-17/h3-9,13,15,19H,10-12,14H2,1-2H3,(H,24,27)(H,25,29)/t19-/m1/s1. The van der Waals surface area contributed by atoms with Gasteiger partial charge in [-0.05, 0) is 42.2 Å². The van der Waals surface area contributed by atoms with Crippen LogP contribution < -0.4 is 15.5 Å². The molecule has 3 rings (SSSR count). The summed E-state index contributed by atoms with van der Waals surface area (Å²) in [6.45, 7) is 4.65. The Kier molecular flexibility index (Phi) is 6.59. The van der Waals surface area contributed by atoms with Gasteiger partial charge in [-0.25, -0.2) is 9.69 Å². The Hall–Kier alpha value is -3.22. The number of aromatic nitrogens is 1. The molecule has 0 saturated carbocycles. The van der Waals surface area contributed by atoms with Crippen molar-refractivity contribution in [2.75, 3.05) is 11.4 Å². The van der Waals surface area contributed by atoms with Crippen molar-refractivity contribution >= 4 is 23.5 Å². The summed E-state index contributed by atoms with van der Waals surface area (Å²) in [6.07, 6.45) is 2.79. The minimum absolute atomic E-state index is 0.150. The number of nitrogens with one attached hydrogen (secondary N) is 2. The number of amides is 4. The molecule has 1 atom stereocenters. The summed E-state index contributed by atoms with van der Waals surface area (Å²) in [5.41, 5.74) is 2.59. The quantitative estimate of drug-likeness (QED) is 0.674. The third-order valence-corrected chi connectivity index (χ3v) is 4.93. The van der Waals surface area contributed by atoms with E-state index in [9.17, 15) is 14.4 Å². The van der Waals surface area contributed by atoms with Crippen molar-refractivity contribution < 1.29 is 14.4 Å². The molecule has 0 radical (unpaired) electrons. The molecule has 0 unspecified atom stereocenters. The van der Waals surface area contributed by atoms with Gasteiger partial charge in [0.25, 0.3) is 5.91 Å². The van der Waals surface area contributed by atoms with Crippen LogP contribution in [0.4, 0.5) is 10.5 Å². The number of carbonyl (C=O) groups is 3. The third kappa shape index (κ3) is 5.19. The van der Waals surface area contributed by atoms with Gasteiger partial charge in [-0.1, -0.05) is 32.0 Å². The van der Waals surface area contributed by atoms with E-state index in [1.54, 1.807) is 18.3 Å². The molecule has 2 heterocycles. The van der Waals surface area contributed by atoms with Gasteiger partial charge in [0.1, 0.15) is 6.04 Å². The maximum absolute atomic E-state index is 12.6. The zero-order valence-electron chi connectivity index (χ0n) is 16.7. The van der Waals surface area contributed by atoms with Gasteiger partial charge >= 0.3 is 6.03 Å². The second-order valence-electron chi connectivity index (χ2n) is 7.38. The molecule has 2 aromatic rings. The van der Waals surface area contributed by atoms with Gasteiger partial charge in [-0.3, -0.25) is 14.6 Å². The van der Waals surface area contributed by atoms with E-state index in [1.165, 1.54) is 0 Å². The van der Waals surface area contributed by atoms with Crippen LogP contribution in [0.15, 0.2) is 48.7 Å². The number of urea groups is 1. The first-order valence-corrected chi connectivity index (χ1v) is 9.86. The number of nitrogens with zero attached hydrogens (tertiary/aromatic N) is 2. The van der Waals surface area contributed by atoms with Crippen molar-refractivity contribution in [3.05, 3.63) is 59.9 Å². The van der Waals surface area contributed by atoms with Crippen molar-refractivity contribution in [1.82, 2.24) is 15.6 Å². The molecule has 0 aliphatic carbocycles. The average molecular weight is 394 g/mol. The van der Waals surface area contributed by atoms with Crippen LogP contribution in [0.5, 0.6) is 0 Å². The maximum Gasteiger partial charge on any atom is 0.329 e. The highest BCUT2D eigenvalue weighted by molar-refractivity contribution is 6.21. The smallest absolute Gasteiger partial charge is 0.329 e. The molecule has 1 aliphatic rings. The van der Waals surface area contributed by atoms with Gasteiger partial charge < -0.3 is 10.6 Å². The van der Waals surface area contributed by atoms with E-state index in [0.717, 1.165) is 16.2 Å². The number of hydrogen-bond donors (Lipinski definition) is 2. The lowest BCUT2D eigenvalue weighted by molar-refractivity contribution is -0.121. The van der Waals surface area contributed by atoms with Crippen molar-refractivity contribution in [2.24, 2.45) is 0 Å². The first-order chi connectivity index (χ1) is 14.0. The molecule has 1 saturated heterocycles. The van der Waals surface area contributed by atoms with E-state index in [1.807, 2.05) is 30.3 Å². The van der Waals surface area contributed by atoms with Gasteiger partial charge in [0.2, 0.25) is 5.91 Å². The first kappa shape index (κ1) is 20.5. The van der Waals surface area contributed by atoms with Crippen molar-refractivity contribution in [1.29, 1.82) is 0 Å². The largest absolute Gasteiger partial charge is 0.356 e. The fourth-order valence-corrected chi connectivity index (χ4v) is 3.22. The fraction of sp³-hybridized carbons (Fsp3) is 0.364. The van der Waals surface area contributed by atoms with Crippen LogP contribution >= 0.6 is 0 Å². The van der Waals surface area contributed by atoms with Crippen LogP contribution in [0.1, 0.15) is 43.9 Å². The van der Waals surface area contributed by atoms with Crippen molar-refractivity contribution in [3.8, 4) is 0 Å². The van der Waals surface area contributed by atoms with Crippen molar-refractivity contribution in [2.45, 2.75) is 45.1 Å². The number of pyridine rings is 1. The van der Waals surface area contributed by atoms with Crippen LogP contribution in [0.25, 0.3) is 0 Å². The monoisotopic (exact) mass is 394 g/mol. The molecule has 1 aliphatic heterocycles. The number of benzene rings is 1. The number of hydrogen-bond acceptors (Lipinski definition) is 4. The van der Waals surface area contributed by atoms with Crippen LogP contribution in [0.3, 0.4) is 0 Å². The highest BCUT2D eigenvalue weighted by Gasteiger charge is 2.38. The summed E-state index contributed by atoms with van der Waals surface area (Å²) in [4.78, 5) is 42.3. The normalized spacial score (nSPS) is 16.2. The fourth-order valence-electron chi connectivity index (χ4n) is 3.22. The molecule has 7 nitrogen and oxygen atoms in total. The number of imide groups is 1.